The summed E-state index contributed by atoms with van der Waals surface area (Å²) in [5.41, 5.74) is 2.23. The van der Waals surface area contributed by atoms with Crippen molar-refractivity contribution in [2.45, 2.75) is 13.0 Å². The summed E-state index contributed by atoms with van der Waals surface area (Å²) in [6, 6.07) is 0.0920. The van der Waals surface area contributed by atoms with Crippen LogP contribution in [-0.4, -0.2) is 25.9 Å². The molecule has 1 N–H and O–H groups in total. The Balaban J connectivity index is 2.46. The summed E-state index contributed by atoms with van der Waals surface area (Å²) in [4.78, 5) is 4.17. The minimum Gasteiger partial charge on any atom is -0.336 e. The van der Waals surface area contributed by atoms with Gasteiger partial charge in [-0.05, 0) is 22.5 Å². The average Bonchev–Trinajstić information content (AvgIpc) is 2.84. The fourth-order valence-corrected chi connectivity index (χ4v) is 2.51. The smallest absolute Gasteiger partial charge is 0.0946 e. The molecule has 17 heavy (non-hydrogen) atoms. The van der Waals surface area contributed by atoms with Crippen molar-refractivity contribution in [3.8, 4) is 0 Å². The van der Waals surface area contributed by atoms with Crippen LogP contribution in [0.25, 0.3) is 0 Å². The molecule has 0 aromatic carbocycles. The van der Waals surface area contributed by atoms with Crippen LogP contribution in [0.5, 0.6) is 0 Å². The van der Waals surface area contributed by atoms with Gasteiger partial charge in [0.2, 0.25) is 0 Å². The van der Waals surface area contributed by atoms with Crippen LogP contribution in [0, 0.1) is 0 Å². The maximum atomic E-state index is 4.26. The van der Waals surface area contributed by atoms with Gasteiger partial charge >= 0.3 is 0 Å². The van der Waals surface area contributed by atoms with Crippen LogP contribution >= 0.6 is 15.9 Å². The average molecular weight is 298 g/mol. The highest BCUT2D eigenvalue weighted by Crippen LogP contribution is 2.27. The highest BCUT2D eigenvalue weighted by Gasteiger charge is 2.22. The first kappa shape index (κ1) is 12.3. The second-order valence-electron chi connectivity index (χ2n) is 3.92. The number of aromatic nitrogens is 4. The number of hydrogen-bond donors (Lipinski definition) is 1. The second kappa shape index (κ2) is 5.01. The van der Waals surface area contributed by atoms with Gasteiger partial charge in [-0.15, -0.1) is 0 Å². The van der Waals surface area contributed by atoms with Crippen LogP contribution in [0.1, 0.15) is 24.4 Å². The predicted molar refractivity (Wildman–Crippen MR) is 69.6 cm³/mol. The summed E-state index contributed by atoms with van der Waals surface area (Å²) < 4.78 is 4.91. The van der Waals surface area contributed by atoms with E-state index in [1.165, 1.54) is 0 Å². The van der Waals surface area contributed by atoms with E-state index in [1.807, 2.05) is 42.1 Å². The standard InChI is InChI=1S/C11H16BrN5/c1-4-14-10(9-6-13-7-16(9)2)11-8(12)5-15-17(11)3/h5-7,10,14H,4H2,1-3H3. The summed E-state index contributed by atoms with van der Waals surface area (Å²) in [6.45, 7) is 2.97. The van der Waals surface area contributed by atoms with E-state index in [4.69, 9.17) is 0 Å². The molecule has 2 aromatic rings. The van der Waals surface area contributed by atoms with Crippen LogP contribution in [0.3, 0.4) is 0 Å². The van der Waals surface area contributed by atoms with E-state index in [2.05, 4.69) is 38.3 Å². The lowest BCUT2D eigenvalue weighted by molar-refractivity contribution is 0.545. The van der Waals surface area contributed by atoms with Crippen molar-refractivity contribution in [3.63, 3.8) is 0 Å². The summed E-state index contributed by atoms with van der Waals surface area (Å²) in [5.74, 6) is 0. The third kappa shape index (κ3) is 2.28. The van der Waals surface area contributed by atoms with Gasteiger partial charge < -0.3 is 9.88 Å². The van der Waals surface area contributed by atoms with E-state index in [-0.39, 0.29) is 6.04 Å². The molecule has 1 atom stereocenters. The molecule has 6 heteroatoms. The van der Waals surface area contributed by atoms with Crippen LogP contribution < -0.4 is 5.32 Å². The molecule has 2 heterocycles. The quantitative estimate of drug-likeness (QED) is 0.933. The van der Waals surface area contributed by atoms with Gasteiger partial charge in [-0.25, -0.2) is 4.98 Å². The van der Waals surface area contributed by atoms with Gasteiger partial charge in [0.05, 0.1) is 40.6 Å². The number of imidazole rings is 1. The molecule has 0 bridgehead atoms. The van der Waals surface area contributed by atoms with Gasteiger partial charge in [-0.3, -0.25) is 4.68 Å². The van der Waals surface area contributed by atoms with Crippen molar-refractivity contribution in [1.82, 2.24) is 24.6 Å². The van der Waals surface area contributed by atoms with Gasteiger partial charge in [0.25, 0.3) is 0 Å². The Hall–Kier alpha value is -1.14. The molecule has 2 aromatic heterocycles. The van der Waals surface area contributed by atoms with Gasteiger partial charge in [0.1, 0.15) is 0 Å². The van der Waals surface area contributed by atoms with Gasteiger partial charge in [0, 0.05) is 14.1 Å². The van der Waals surface area contributed by atoms with Gasteiger partial charge in [0.15, 0.2) is 0 Å². The Morgan fingerprint density at radius 1 is 1.41 bits per heavy atom. The molecule has 0 amide bonds. The molecule has 1 unspecified atom stereocenters. The zero-order valence-electron chi connectivity index (χ0n) is 10.2. The van der Waals surface area contributed by atoms with Crippen molar-refractivity contribution >= 4 is 15.9 Å². The number of nitrogens with zero attached hydrogens (tertiary/aromatic N) is 4. The van der Waals surface area contributed by atoms with E-state index in [0.29, 0.717) is 0 Å². The Bertz CT molecular complexity index is 482. The summed E-state index contributed by atoms with van der Waals surface area (Å²) in [6.07, 6.45) is 5.51. The Morgan fingerprint density at radius 2 is 2.18 bits per heavy atom. The minimum atomic E-state index is 0.0920. The van der Waals surface area contributed by atoms with E-state index in [0.717, 1.165) is 22.4 Å². The zero-order chi connectivity index (χ0) is 12.4. The van der Waals surface area contributed by atoms with Crippen molar-refractivity contribution < 1.29 is 0 Å². The molecule has 0 spiro atoms. The monoisotopic (exact) mass is 297 g/mol. The molecule has 0 saturated heterocycles. The van der Waals surface area contributed by atoms with E-state index in [1.54, 1.807) is 0 Å². The number of rotatable bonds is 4. The number of nitrogens with one attached hydrogen (secondary N) is 1. The highest BCUT2D eigenvalue weighted by molar-refractivity contribution is 9.10. The predicted octanol–water partition coefficient (Wildman–Crippen LogP) is 1.61. The Morgan fingerprint density at radius 3 is 2.65 bits per heavy atom. The third-order valence-electron chi connectivity index (χ3n) is 2.77. The minimum absolute atomic E-state index is 0.0920. The molecule has 92 valence electrons. The van der Waals surface area contributed by atoms with Gasteiger partial charge in [-0.1, -0.05) is 6.92 Å². The first-order chi connectivity index (χ1) is 8.15. The first-order valence-electron chi connectivity index (χ1n) is 5.52. The first-order valence-corrected chi connectivity index (χ1v) is 6.31. The second-order valence-corrected chi connectivity index (χ2v) is 4.78. The van der Waals surface area contributed by atoms with Crippen LogP contribution in [0.15, 0.2) is 23.2 Å². The largest absolute Gasteiger partial charge is 0.336 e. The SMILES string of the molecule is CCNC(c1cncn1C)c1c(Br)cnn1C. The summed E-state index contributed by atoms with van der Waals surface area (Å²) in [5, 5.41) is 7.72. The number of hydrogen-bond acceptors (Lipinski definition) is 3. The lowest BCUT2D eigenvalue weighted by atomic mass is 10.1. The molecule has 0 aliphatic rings. The normalized spacial score (nSPS) is 12.9. The highest BCUT2D eigenvalue weighted by atomic mass is 79.9. The summed E-state index contributed by atoms with van der Waals surface area (Å²) >= 11 is 3.54. The van der Waals surface area contributed by atoms with Gasteiger partial charge in [-0.2, -0.15) is 5.10 Å². The lowest BCUT2D eigenvalue weighted by Gasteiger charge is -2.19. The third-order valence-corrected chi connectivity index (χ3v) is 3.38. The summed E-state index contributed by atoms with van der Waals surface area (Å²) in [7, 11) is 3.94. The molecule has 0 fully saturated rings. The lowest BCUT2D eigenvalue weighted by Crippen LogP contribution is -2.26. The van der Waals surface area contributed by atoms with Crippen LogP contribution in [0.2, 0.25) is 0 Å². The molecule has 0 aliphatic heterocycles. The van der Waals surface area contributed by atoms with E-state index < -0.39 is 0 Å². The maximum Gasteiger partial charge on any atom is 0.0946 e. The maximum absolute atomic E-state index is 4.26. The van der Waals surface area contributed by atoms with Crippen LogP contribution in [-0.2, 0) is 14.1 Å². The Labute approximate surface area is 109 Å². The van der Waals surface area contributed by atoms with E-state index in [9.17, 15) is 0 Å². The topological polar surface area (TPSA) is 47.7 Å². The van der Waals surface area contributed by atoms with Crippen molar-refractivity contribution in [3.05, 3.63) is 34.6 Å². The van der Waals surface area contributed by atoms with Crippen molar-refractivity contribution in [2.24, 2.45) is 14.1 Å². The van der Waals surface area contributed by atoms with Crippen molar-refractivity contribution in [2.75, 3.05) is 6.54 Å². The molecule has 5 nitrogen and oxygen atoms in total. The number of halogens is 1. The molecular formula is C11H16BrN5. The van der Waals surface area contributed by atoms with Crippen LogP contribution in [0.4, 0.5) is 0 Å². The van der Waals surface area contributed by atoms with E-state index >= 15 is 0 Å². The zero-order valence-corrected chi connectivity index (χ0v) is 11.8. The fourth-order valence-electron chi connectivity index (χ4n) is 1.94. The number of aryl methyl sites for hydroxylation is 2. The van der Waals surface area contributed by atoms with Crippen molar-refractivity contribution in [1.29, 1.82) is 0 Å². The molecule has 0 aliphatic carbocycles. The molecular weight excluding hydrogens is 282 g/mol. The fraction of sp³-hybridized carbons (Fsp3) is 0.455. The molecule has 0 radical (unpaired) electrons. The molecule has 0 saturated carbocycles. The Kier molecular flexibility index (Phi) is 3.63. The molecule has 2 rings (SSSR count).